The van der Waals surface area contributed by atoms with Crippen molar-refractivity contribution in [3.8, 4) is 0 Å². The summed E-state index contributed by atoms with van der Waals surface area (Å²) in [4.78, 5) is 17.7. The van der Waals surface area contributed by atoms with Gasteiger partial charge in [0.25, 0.3) is 5.91 Å². The van der Waals surface area contributed by atoms with Crippen LogP contribution in [0.3, 0.4) is 0 Å². The van der Waals surface area contributed by atoms with Gasteiger partial charge in [0.05, 0.1) is 24.1 Å². The molecule has 6 nitrogen and oxygen atoms in total. The molecule has 1 aliphatic heterocycles. The number of nitrogens with two attached hydrogens (primary N) is 2. The van der Waals surface area contributed by atoms with Gasteiger partial charge >= 0.3 is 0 Å². The highest BCUT2D eigenvalue weighted by Gasteiger charge is 2.23. The van der Waals surface area contributed by atoms with E-state index in [0.29, 0.717) is 17.3 Å². The number of ether oxygens (including phenoxy) is 1. The van der Waals surface area contributed by atoms with Crippen molar-refractivity contribution in [1.29, 1.82) is 0 Å². The van der Waals surface area contributed by atoms with Gasteiger partial charge in [-0.15, -0.1) is 0 Å². The van der Waals surface area contributed by atoms with Crippen molar-refractivity contribution in [3.63, 3.8) is 0 Å². The van der Waals surface area contributed by atoms with Crippen molar-refractivity contribution >= 4 is 17.4 Å². The Hall–Kier alpha value is -1.82. The zero-order valence-electron chi connectivity index (χ0n) is 11.1. The molecule has 1 atom stereocenters. The van der Waals surface area contributed by atoms with Crippen LogP contribution in [-0.2, 0) is 4.74 Å². The fraction of sp³-hybridized carbons (Fsp3) is 0.538. The minimum Gasteiger partial charge on any atom is -0.384 e. The van der Waals surface area contributed by atoms with E-state index in [4.69, 9.17) is 16.2 Å². The number of aromatic nitrogens is 1. The molecule has 1 amide bonds. The molecule has 1 aliphatic rings. The molecule has 0 radical (unpaired) electrons. The highest BCUT2D eigenvalue weighted by Crippen LogP contribution is 2.26. The molecule has 0 spiro atoms. The summed E-state index contributed by atoms with van der Waals surface area (Å²) in [6.07, 6.45) is 3.83. The van der Waals surface area contributed by atoms with Gasteiger partial charge < -0.3 is 21.1 Å². The van der Waals surface area contributed by atoms with Gasteiger partial charge in [0.1, 0.15) is 5.82 Å². The predicted octanol–water partition coefficient (Wildman–Crippen LogP) is 0.626. The highest BCUT2D eigenvalue weighted by molar-refractivity contribution is 5.99. The number of amides is 1. The molecular formula is C13H20N4O2. The van der Waals surface area contributed by atoms with E-state index in [9.17, 15) is 4.79 Å². The van der Waals surface area contributed by atoms with Gasteiger partial charge in [-0.1, -0.05) is 0 Å². The number of carbonyl (C=O) groups is 1. The number of hydrogen-bond donors (Lipinski definition) is 2. The summed E-state index contributed by atoms with van der Waals surface area (Å²) in [6.45, 7) is 2.47. The second-order valence-corrected chi connectivity index (χ2v) is 4.90. The quantitative estimate of drug-likeness (QED) is 0.831. The molecule has 0 aromatic carbocycles. The molecule has 0 saturated carbocycles. The monoisotopic (exact) mass is 264 g/mol. The zero-order valence-corrected chi connectivity index (χ0v) is 11.1. The fourth-order valence-electron chi connectivity index (χ4n) is 2.57. The molecule has 19 heavy (non-hydrogen) atoms. The molecule has 1 saturated heterocycles. The maximum atomic E-state index is 11.5. The number of rotatable bonds is 4. The van der Waals surface area contributed by atoms with Crippen LogP contribution in [0.15, 0.2) is 12.3 Å². The Morgan fingerprint density at radius 3 is 3.11 bits per heavy atom. The molecule has 0 bridgehead atoms. The predicted molar refractivity (Wildman–Crippen MR) is 74.0 cm³/mol. The Balaban J connectivity index is 2.23. The van der Waals surface area contributed by atoms with Gasteiger partial charge in [-0.2, -0.15) is 0 Å². The Labute approximate surface area is 112 Å². The van der Waals surface area contributed by atoms with Crippen LogP contribution < -0.4 is 16.4 Å². The van der Waals surface area contributed by atoms with Crippen LogP contribution in [0.2, 0.25) is 0 Å². The van der Waals surface area contributed by atoms with E-state index in [2.05, 4.69) is 9.88 Å². The van der Waals surface area contributed by atoms with Crippen molar-refractivity contribution in [3.05, 3.63) is 17.8 Å². The lowest BCUT2D eigenvalue weighted by Gasteiger charge is -2.34. The van der Waals surface area contributed by atoms with Gasteiger partial charge in [-0.3, -0.25) is 4.79 Å². The van der Waals surface area contributed by atoms with Crippen molar-refractivity contribution < 1.29 is 9.53 Å². The van der Waals surface area contributed by atoms with E-state index < -0.39 is 5.91 Å². The van der Waals surface area contributed by atoms with Crippen molar-refractivity contribution in [2.75, 3.05) is 37.4 Å². The normalized spacial score (nSPS) is 19.4. The van der Waals surface area contributed by atoms with Crippen LogP contribution in [0, 0.1) is 5.92 Å². The second-order valence-electron chi connectivity index (χ2n) is 4.90. The molecule has 1 aromatic heterocycles. The van der Waals surface area contributed by atoms with Crippen LogP contribution in [0.5, 0.6) is 0 Å². The molecule has 104 valence electrons. The molecule has 4 N–H and O–H groups in total. The average molecular weight is 264 g/mol. The average Bonchev–Trinajstić information content (AvgIpc) is 2.39. The number of carbonyl (C=O) groups excluding carboxylic acids is 1. The number of piperidine rings is 1. The van der Waals surface area contributed by atoms with E-state index in [0.717, 1.165) is 38.2 Å². The molecule has 6 heteroatoms. The molecule has 2 rings (SSSR count). The molecule has 1 aromatic rings. The summed E-state index contributed by atoms with van der Waals surface area (Å²) in [5, 5.41) is 0. The van der Waals surface area contributed by atoms with Crippen LogP contribution in [-0.4, -0.2) is 37.7 Å². The van der Waals surface area contributed by atoms with Gasteiger partial charge in [-0.25, -0.2) is 4.98 Å². The standard InChI is InChI=1S/C13H20N4O2/c1-19-8-9-3-2-4-17(7-9)11-6-16-12(14)5-10(11)13(15)18/h5-6,9H,2-4,7-8H2,1H3,(H2,14,16)(H2,15,18). The number of pyridine rings is 1. The summed E-state index contributed by atoms with van der Waals surface area (Å²) in [6, 6.07) is 1.54. The Bertz CT molecular complexity index is 462. The highest BCUT2D eigenvalue weighted by atomic mass is 16.5. The minimum atomic E-state index is -0.474. The number of hydrogen-bond acceptors (Lipinski definition) is 5. The minimum absolute atomic E-state index is 0.308. The molecule has 1 unspecified atom stereocenters. The van der Waals surface area contributed by atoms with Crippen LogP contribution in [0.1, 0.15) is 23.2 Å². The number of nitrogen functional groups attached to an aromatic ring is 1. The number of anilines is 2. The lowest BCUT2D eigenvalue weighted by atomic mass is 9.98. The van der Waals surface area contributed by atoms with Crippen LogP contribution in [0.25, 0.3) is 0 Å². The van der Waals surface area contributed by atoms with Crippen molar-refractivity contribution in [1.82, 2.24) is 4.98 Å². The second kappa shape index (κ2) is 5.88. The summed E-state index contributed by atoms with van der Waals surface area (Å²) in [7, 11) is 1.71. The topological polar surface area (TPSA) is 94.5 Å². The van der Waals surface area contributed by atoms with Gasteiger partial charge in [0, 0.05) is 20.2 Å². The van der Waals surface area contributed by atoms with E-state index in [-0.39, 0.29) is 0 Å². The summed E-state index contributed by atoms with van der Waals surface area (Å²) >= 11 is 0. The number of methoxy groups -OCH3 is 1. The summed E-state index contributed by atoms with van der Waals surface area (Å²) < 4.78 is 5.21. The molecule has 1 fully saturated rings. The third-order valence-electron chi connectivity index (χ3n) is 3.43. The first-order valence-corrected chi connectivity index (χ1v) is 6.41. The maximum absolute atomic E-state index is 11.5. The van der Waals surface area contributed by atoms with Crippen LogP contribution in [0.4, 0.5) is 11.5 Å². The van der Waals surface area contributed by atoms with E-state index in [1.54, 1.807) is 13.3 Å². The first-order chi connectivity index (χ1) is 9.11. The summed E-state index contributed by atoms with van der Waals surface area (Å²) in [5.41, 5.74) is 12.2. The van der Waals surface area contributed by atoms with Gasteiger partial charge in [-0.05, 0) is 24.8 Å². The van der Waals surface area contributed by atoms with E-state index in [1.807, 2.05) is 0 Å². The zero-order chi connectivity index (χ0) is 13.8. The smallest absolute Gasteiger partial charge is 0.251 e. The first-order valence-electron chi connectivity index (χ1n) is 6.41. The molecule has 2 heterocycles. The summed E-state index contributed by atoms with van der Waals surface area (Å²) in [5.74, 6) is 0.304. The fourth-order valence-corrected chi connectivity index (χ4v) is 2.57. The first kappa shape index (κ1) is 13.6. The Morgan fingerprint density at radius 1 is 1.63 bits per heavy atom. The lowest BCUT2D eigenvalue weighted by molar-refractivity contribution is 0.100. The van der Waals surface area contributed by atoms with E-state index >= 15 is 0 Å². The largest absolute Gasteiger partial charge is 0.384 e. The third kappa shape index (κ3) is 3.14. The van der Waals surface area contributed by atoms with E-state index in [1.165, 1.54) is 6.07 Å². The molecular weight excluding hydrogens is 244 g/mol. The van der Waals surface area contributed by atoms with Crippen LogP contribution >= 0.6 is 0 Å². The Kier molecular flexibility index (Phi) is 4.21. The van der Waals surface area contributed by atoms with Crippen molar-refractivity contribution in [2.45, 2.75) is 12.8 Å². The Morgan fingerprint density at radius 2 is 2.42 bits per heavy atom. The van der Waals surface area contributed by atoms with Gasteiger partial charge in [0.15, 0.2) is 0 Å². The van der Waals surface area contributed by atoms with Crippen molar-refractivity contribution in [2.24, 2.45) is 11.7 Å². The maximum Gasteiger partial charge on any atom is 0.251 e. The SMILES string of the molecule is COCC1CCCN(c2cnc(N)cc2C(N)=O)C1. The number of primary amides is 1. The van der Waals surface area contributed by atoms with Gasteiger partial charge in [0.2, 0.25) is 0 Å². The molecule has 0 aliphatic carbocycles. The third-order valence-corrected chi connectivity index (χ3v) is 3.43. The lowest BCUT2D eigenvalue weighted by Crippen LogP contribution is -2.38. The number of nitrogens with zero attached hydrogens (tertiary/aromatic N) is 2.